The zero-order chi connectivity index (χ0) is 37.0. The number of ketones is 1. The Morgan fingerprint density at radius 2 is 1.44 bits per heavy atom. The molecular weight excluding hydrogens is 703 g/mol. The molecular formula is C34H28Cl2F4N6O4. The van der Waals surface area contributed by atoms with Crippen LogP contribution < -0.4 is 11.4 Å². The van der Waals surface area contributed by atoms with Crippen molar-refractivity contribution in [2.24, 2.45) is 10.9 Å². The van der Waals surface area contributed by atoms with Crippen molar-refractivity contribution in [1.82, 2.24) is 20.2 Å². The summed E-state index contributed by atoms with van der Waals surface area (Å²) in [7, 11) is 0. The fourth-order valence-corrected chi connectivity index (χ4v) is 4.38. The van der Waals surface area contributed by atoms with Crippen LogP contribution in [0.5, 0.6) is 0 Å². The normalized spacial score (nSPS) is 10.7. The highest BCUT2D eigenvalue weighted by molar-refractivity contribution is 6.45. The molecule has 0 atom stereocenters. The number of carbonyl (C=O) groups excluding carboxylic acids is 2. The summed E-state index contributed by atoms with van der Waals surface area (Å²) in [6, 6.07) is 14.6. The number of hydrogen-bond donors (Lipinski definition) is 2. The summed E-state index contributed by atoms with van der Waals surface area (Å²) in [5.74, 6) is 0.880. The monoisotopic (exact) mass is 730 g/mol. The lowest BCUT2D eigenvalue weighted by atomic mass is 9.97. The van der Waals surface area contributed by atoms with Gasteiger partial charge in [0.25, 0.3) is 5.56 Å². The van der Waals surface area contributed by atoms with E-state index < -0.39 is 34.8 Å². The summed E-state index contributed by atoms with van der Waals surface area (Å²) in [4.78, 5) is 41.8. The Balaban J connectivity index is 0.000000217. The third kappa shape index (κ3) is 10.8. The first-order valence-electron chi connectivity index (χ1n) is 14.4. The smallest absolute Gasteiger partial charge is 0.311 e. The number of pyridine rings is 2. The number of halogens is 6. The second kappa shape index (κ2) is 18.3. The number of benzene rings is 2. The van der Waals surface area contributed by atoms with Gasteiger partial charge in [0, 0.05) is 33.3 Å². The Hall–Kier alpha value is -5.47. The molecule has 0 aliphatic heterocycles. The minimum Gasteiger partial charge on any atom is -0.466 e. The molecule has 0 amide bonds. The van der Waals surface area contributed by atoms with Gasteiger partial charge < -0.3 is 10.6 Å². The van der Waals surface area contributed by atoms with E-state index in [1.807, 2.05) is 0 Å². The van der Waals surface area contributed by atoms with Crippen molar-refractivity contribution in [3.63, 3.8) is 0 Å². The molecule has 16 heteroatoms. The number of rotatable bonds is 7. The third-order valence-corrected chi connectivity index (χ3v) is 6.98. The van der Waals surface area contributed by atoms with E-state index >= 15 is 0 Å². The number of Topliss-reactive ketones (excluding diaryl/α,β-unsaturated/α-hetero) is 1. The largest absolute Gasteiger partial charge is 0.466 e. The molecule has 0 aliphatic carbocycles. The summed E-state index contributed by atoms with van der Waals surface area (Å²) in [5, 5.41) is 10.7. The molecule has 5 rings (SSSR count). The van der Waals surface area contributed by atoms with Crippen molar-refractivity contribution in [3.8, 4) is 22.4 Å². The minimum atomic E-state index is -0.920. The predicted octanol–water partition coefficient (Wildman–Crippen LogP) is 7.06. The topological polar surface area (TPSA) is 153 Å². The SMILES string of the molecule is C/C(=N/N)C(=O)c1ccc(Cl)cc1.CCOC(=O)Cc1ncc(F)cc1F.Cc1n[nH]c(=O)c(-c2ncc(F)cc2F)c1-c1ccc(Cl)cc1. The summed E-state index contributed by atoms with van der Waals surface area (Å²) in [6.45, 7) is 5.11. The number of nitrogens with zero attached hydrogens (tertiary/aromatic N) is 4. The second-order valence-corrected chi connectivity index (χ2v) is 10.9. The van der Waals surface area contributed by atoms with Crippen molar-refractivity contribution >= 4 is 40.7 Å². The average Bonchev–Trinajstić information content (AvgIpc) is 3.08. The summed E-state index contributed by atoms with van der Waals surface area (Å²) in [5.41, 5.74) is 1.39. The van der Waals surface area contributed by atoms with E-state index in [0.717, 1.165) is 12.4 Å². The number of ether oxygens (including phenoxy) is 1. The Bertz CT molecular complexity index is 2060. The number of aryl methyl sites for hydroxylation is 1. The highest BCUT2D eigenvalue weighted by atomic mass is 35.5. The van der Waals surface area contributed by atoms with Gasteiger partial charge in [-0.05, 0) is 62.7 Å². The van der Waals surface area contributed by atoms with Gasteiger partial charge >= 0.3 is 5.97 Å². The molecule has 0 unspecified atom stereocenters. The zero-order valence-electron chi connectivity index (χ0n) is 26.6. The molecule has 260 valence electrons. The quantitative estimate of drug-likeness (QED) is 0.0451. The van der Waals surface area contributed by atoms with Gasteiger partial charge in [-0.1, -0.05) is 35.3 Å². The molecule has 10 nitrogen and oxygen atoms in total. The van der Waals surface area contributed by atoms with Crippen LogP contribution in [0.25, 0.3) is 22.4 Å². The van der Waals surface area contributed by atoms with Crippen molar-refractivity contribution in [2.45, 2.75) is 27.2 Å². The van der Waals surface area contributed by atoms with Crippen LogP contribution in [-0.4, -0.2) is 44.2 Å². The maximum absolute atomic E-state index is 14.1. The van der Waals surface area contributed by atoms with E-state index in [2.05, 4.69) is 30.0 Å². The molecule has 3 aromatic heterocycles. The van der Waals surface area contributed by atoms with Crippen molar-refractivity contribution < 1.29 is 31.9 Å². The fourth-order valence-electron chi connectivity index (χ4n) is 4.13. The maximum Gasteiger partial charge on any atom is 0.311 e. The van der Waals surface area contributed by atoms with E-state index in [-0.39, 0.29) is 41.5 Å². The fraction of sp³-hybridized carbons (Fsp3) is 0.147. The first kappa shape index (κ1) is 39.0. The van der Waals surface area contributed by atoms with Crippen LogP contribution in [0.2, 0.25) is 10.0 Å². The average molecular weight is 732 g/mol. The molecule has 3 N–H and O–H groups in total. The Labute approximate surface area is 293 Å². The zero-order valence-corrected chi connectivity index (χ0v) is 28.1. The van der Waals surface area contributed by atoms with E-state index in [4.69, 9.17) is 29.0 Å². The van der Waals surface area contributed by atoms with Crippen molar-refractivity contribution in [1.29, 1.82) is 0 Å². The Kier molecular flexibility index (Phi) is 14.3. The first-order valence-corrected chi connectivity index (χ1v) is 15.2. The molecule has 0 spiro atoms. The molecule has 0 fully saturated rings. The number of H-pyrrole nitrogens is 1. The lowest BCUT2D eigenvalue weighted by Crippen LogP contribution is -2.15. The van der Waals surface area contributed by atoms with Gasteiger partial charge in [-0.15, -0.1) is 0 Å². The molecule has 0 saturated heterocycles. The minimum absolute atomic E-state index is 0.00248. The molecule has 0 bridgehead atoms. The highest BCUT2D eigenvalue weighted by Gasteiger charge is 2.20. The number of esters is 1. The Morgan fingerprint density at radius 1 is 0.880 bits per heavy atom. The molecule has 3 heterocycles. The van der Waals surface area contributed by atoms with E-state index in [1.54, 1.807) is 69.3 Å². The summed E-state index contributed by atoms with van der Waals surface area (Å²) in [6.07, 6.45) is 1.44. The van der Waals surface area contributed by atoms with Crippen LogP contribution in [0.1, 0.15) is 35.6 Å². The number of nitrogens with one attached hydrogen (secondary N) is 1. The van der Waals surface area contributed by atoms with Crippen LogP contribution in [0.3, 0.4) is 0 Å². The molecule has 2 aromatic carbocycles. The lowest BCUT2D eigenvalue weighted by Gasteiger charge is -2.11. The summed E-state index contributed by atoms with van der Waals surface area (Å²) < 4.78 is 57.2. The van der Waals surface area contributed by atoms with Crippen LogP contribution in [-0.2, 0) is 16.0 Å². The van der Waals surface area contributed by atoms with E-state index in [0.29, 0.717) is 44.6 Å². The van der Waals surface area contributed by atoms with Crippen molar-refractivity contribution in [2.75, 3.05) is 6.61 Å². The summed E-state index contributed by atoms with van der Waals surface area (Å²) >= 11 is 11.5. The first-order chi connectivity index (χ1) is 23.7. The van der Waals surface area contributed by atoms with Gasteiger partial charge in [0.15, 0.2) is 5.82 Å². The third-order valence-electron chi connectivity index (χ3n) is 6.47. The van der Waals surface area contributed by atoms with E-state index in [9.17, 15) is 31.9 Å². The van der Waals surface area contributed by atoms with Gasteiger partial charge in [-0.3, -0.25) is 19.4 Å². The highest BCUT2D eigenvalue weighted by Crippen LogP contribution is 2.32. The number of aromatic amines is 1. The molecule has 5 aromatic rings. The van der Waals surface area contributed by atoms with Gasteiger partial charge in [-0.25, -0.2) is 27.6 Å². The van der Waals surface area contributed by atoms with Crippen LogP contribution in [0, 0.1) is 30.2 Å². The van der Waals surface area contributed by atoms with Crippen molar-refractivity contribution in [3.05, 3.63) is 134 Å². The second-order valence-electron chi connectivity index (χ2n) is 9.99. The van der Waals surface area contributed by atoms with Crippen LogP contribution in [0.4, 0.5) is 17.6 Å². The molecule has 50 heavy (non-hydrogen) atoms. The standard InChI is InChI=1S/C16H10ClF2N3O.C9H9ClN2O.C9H9F2NO2/c1-8-13(9-2-4-10(17)5-3-9)14(16(23)22-21-8)15-12(19)6-11(18)7-20-15;1-6(12-11)9(13)7-2-4-8(10)5-3-7;1-2-14-9(13)4-8-7(11)3-6(10)5-12-8/h2-7H,1H3,(H,22,23);2-5H,11H2,1H3;3,5H,2,4H2,1H3/b;12-6-;. The molecule has 0 radical (unpaired) electrons. The molecule has 0 aliphatic rings. The van der Waals surface area contributed by atoms with Gasteiger partial charge in [0.05, 0.1) is 42.4 Å². The number of hydrogen-bond acceptors (Lipinski definition) is 9. The van der Waals surface area contributed by atoms with Crippen LogP contribution >= 0.6 is 23.2 Å². The number of nitrogens with two attached hydrogens (primary N) is 1. The lowest BCUT2D eigenvalue weighted by molar-refractivity contribution is -0.142. The number of aromatic nitrogens is 4. The number of carbonyl (C=O) groups is 2. The van der Waals surface area contributed by atoms with Gasteiger partial charge in [-0.2, -0.15) is 10.2 Å². The predicted molar refractivity (Wildman–Crippen MR) is 181 cm³/mol. The van der Waals surface area contributed by atoms with E-state index in [1.165, 1.54) is 0 Å². The maximum atomic E-state index is 14.1. The van der Waals surface area contributed by atoms with Gasteiger partial charge in [0.2, 0.25) is 5.78 Å². The number of hydrazone groups is 1. The van der Waals surface area contributed by atoms with Gasteiger partial charge in [0.1, 0.15) is 28.9 Å². The van der Waals surface area contributed by atoms with Crippen LogP contribution in [0.15, 0.2) is 83.0 Å². The molecule has 0 saturated carbocycles. The Morgan fingerprint density at radius 3 is 1.98 bits per heavy atom.